The van der Waals surface area contributed by atoms with Gasteiger partial charge in [0.15, 0.2) is 5.96 Å². The second kappa shape index (κ2) is 12.5. The summed E-state index contributed by atoms with van der Waals surface area (Å²) in [7, 11) is 3.91. The fourth-order valence-electron chi connectivity index (χ4n) is 2.96. The van der Waals surface area contributed by atoms with Gasteiger partial charge in [-0.05, 0) is 18.4 Å². The van der Waals surface area contributed by atoms with E-state index in [1.54, 1.807) is 0 Å². The van der Waals surface area contributed by atoms with E-state index in [0.717, 1.165) is 17.8 Å². The fraction of sp³-hybridized carbons (Fsp3) is 0.476. The smallest absolute Gasteiger partial charge is 0.242 e. The summed E-state index contributed by atoms with van der Waals surface area (Å²) in [6.45, 7) is 8.31. The van der Waals surface area contributed by atoms with Crippen LogP contribution in [0.4, 0.5) is 0 Å². The number of aromatic nitrogens is 2. The molecule has 0 aliphatic heterocycles. The van der Waals surface area contributed by atoms with Crippen molar-refractivity contribution in [2.24, 2.45) is 12.0 Å². The molecule has 0 saturated heterocycles. The zero-order chi connectivity index (χ0) is 20.5. The van der Waals surface area contributed by atoms with Crippen LogP contribution >= 0.6 is 24.0 Å². The minimum absolute atomic E-state index is 0. The van der Waals surface area contributed by atoms with E-state index in [1.807, 2.05) is 67.1 Å². The van der Waals surface area contributed by atoms with Gasteiger partial charge in [0.05, 0.1) is 5.69 Å². The molecule has 8 heteroatoms. The fourth-order valence-corrected chi connectivity index (χ4v) is 2.96. The van der Waals surface area contributed by atoms with Crippen molar-refractivity contribution >= 4 is 35.8 Å². The van der Waals surface area contributed by atoms with Crippen LogP contribution in [0, 0.1) is 0 Å². The number of guanidine groups is 1. The highest BCUT2D eigenvalue weighted by Gasteiger charge is 2.15. The van der Waals surface area contributed by atoms with Gasteiger partial charge in [-0.3, -0.25) is 9.48 Å². The number of carbonyl (C=O) groups excluding carboxylic acids is 1. The molecule has 0 spiro atoms. The van der Waals surface area contributed by atoms with Gasteiger partial charge < -0.3 is 15.5 Å². The number of amides is 1. The zero-order valence-electron chi connectivity index (χ0n) is 18.0. The lowest BCUT2D eigenvalue weighted by atomic mass is 10.1. The van der Waals surface area contributed by atoms with Gasteiger partial charge in [-0.1, -0.05) is 44.2 Å². The number of hydrogen-bond donors (Lipinski definition) is 2. The highest BCUT2D eigenvalue weighted by Crippen LogP contribution is 2.18. The summed E-state index contributed by atoms with van der Waals surface area (Å²) in [6, 6.07) is 9.85. The molecule has 0 bridgehead atoms. The zero-order valence-corrected chi connectivity index (χ0v) is 20.3. The molecule has 0 aliphatic rings. The van der Waals surface area contributed by atoms with E-state index >= 15 is 0 Å². The molecule has 2 aromatic rings. The number of carbonyl (C=O) groups is 1. The van der Waals surface area contributed by atoms with E-state index in [4.69, 9.17) is 0 Å². The number of halogens is 1. The van der Waals surface area contributed by atoms with Gasteiger partial charge in [-0.15, -0.1) is 24.0 Å². The van der Waals surface area contributed by atoms with Crippen LogP contribution in [0.5, 0.6) is 0 Å². The first kappa shape index (κ1) is 24.9. The second-order valence-electron chi connectivity index (χ2n) is 7.16. The molecular formula is C21H33IN6O. The predicted molar refractivity (Wildman–Crippen MR) is 128 cm³/mol. The number of aryl methyl sites for hydroxylation is 1. The van der Waals surface area contributed by atoms with Crippen LogP contribution in [0.2, 0.25) is 0 Å². The third kappa shape index (κ3) is 8.04. The number of benzene rings is 1. The van der Waals surface area contributed by atoms with Crippen molar-refractivity contribution in [1.29, 1.82) is 0 Å². The van der Waals surface area contributed by atoms with Crippen LogP contribution < -0.4 is 10.6 Å². The molecule has 160 valence electrons. The first-order valence-corrected chi connectivity index (χ1v) is 9.73. The number of nitrogens with one attached hydrogen (secondary N) is 2. The number of nitrogens with zero attached hydrogens (tertiary/aromatic N) is 4. The van der Waals surface area contributed by atoms with Crippen molar-refractivity contribution < 1.29 is 4.79 Å². The van der Waals surface area contributed by atoms with Crippen LogP contribution in [-0.2, 0) is 24.9 Å². The quantitative estimate of drug-likeness (QED) is 0.324. The summed E-state index contributed by atoms with van der Waals surface area (Å²) in [6.07, 6.45) is 2.04. The number of aliphatic imine (C=N–C) groups is 1. The maximum absolute atomic E-state index is 12.2. The molecule has 2 rings (SSSR count). The van der Waals surface area contributed by atoms with Gasteiger partial charge >= 0.3 is 0 Å². The summed E-state index contributed by atoms with van der Waals surface area (Å²) < 4.78 is 1.85. The molecule has 29 heavy (non-hydrogen) atoms. The van der Waals surface area contributed by atoms with Crippen molar-refractivity contribution in [2.75, 3.05) is 20.1 Å². The van der Waals surface area contributed by atoms with E-state index < -0.39 is 0 Å². The molecule has 0 aliphatic carbocycles. The van der Waals surface area contributed by atoms with Crippen LogP contribution in [-0.4, -0.2) is 46.7 Å². The molecule has 1 aromatic heterocycles. The van der Waals surface area contributed by atoms with Gasteiger partial charge in [0.25, 0.3) is 0 Å². The Balaban J connectivity index is 0.00000420. The van der Waals surface area contributed by atoms with E-state index in [1.165, 1.54) is 5.56 Å². The highest BCUT2D eigenvalue weighted by atomic mass is 127. The predicted octanol–water partition coefficient (Wildman–Crippen LogP) is 2.88. The topological polar surface area (TPSA) is 74.6 Å². The lowest BCUT2D eigenvalue weighted by molar-refractivity contribution is -0.119. The molecular weight excluding hydrogens is 479 g/mol. The third-order valence-electron chi connectivity index (χ3n) is 4.29. The van der Waals surface area contributed by atoms with E-state index in [-0.39, 0.29) is 36.4 Å². The molecule has 0 saturated carbocycles. The van der Waals surface area contributed by atoms with Crippen molar-refractivity contribution in [3.8, 4) is 0 Å². The summed E-state index contributed by atoms with van der Waals surface area (Å²) in [5, 5.41) is 10.7. The van der Waals surface area contributed by atoms with Crippen LogP contribution in [0.15, 0.2) is 41.5 Å². The van der Waals surface area contributed by atoms with E-state index in [2.05, 4.69) is 34.6 Å². The second-order valence-corrected chi connectivity index (χ2v) is 7.16. The maximum Gasteiger partial charge on any atom is 0.242 e. The molecule has 0 atom stereocenters. The van der Waals surface area contributed by atoms with Crippen molar-refractivity contribution in [3.63, 3.8) is 0 Å². The van der Waals surface area contributed by atoms with Crippen molar-refractivity contribution in [3.05, 3.63) is 53.3 Å². The SMILES string of the molecule is CCNC(=NCC(=O)NCc1ccccc1)N(C)Cc1cn(C)nc1C(C)C.I. The standard InChI is InChI=1S/C21H32N6O.HI/c1-6-22-21(24-13-19(28)23-12-17-10-8-7-9-11-17)26(4)14-18-15-27(5)25-20(18)16(2)3;/h7-11,15-16H,6,12-14H2,1-5H3,(H,22,24)(H,23,28);1H. The molecule has 1 amide bonds. The van der Waals surface area contributed by atoms with E-state index in [0.29, 0.717) is 25.0 Å². The van der Waals surface area contributed by atoms with Crippen LogP contribution in [0.1, 0.15) is 43.5 Å². The van der Waals surface area contributed by atoms with Crippen molar-refractivity contribution in [1.82, 2.24) is 25.3 Å². The molecule has 0 fully saturated rings. The van der Waals surface area contributed by atoms with Gasteiger partial charge in [-0.2, -0.15) is 5.10 Å². The Labute approximate surface area is 191 Å². The summed E-state index contributed by atoms with van der Waals surface area (Å²) >= 11 is 0. The first-order valence-electron chi connectivity index (χ1n) is 9.73. The Kier molecular flexibility index (Phi) is 10.7. The average molecular weight is 512 g/mol. The average Bonchev–Trinajstić information content (AvgIpc) is 3.04. The molecule has 1 aromatic carbocycles. The highest BCUT2D eigenvalue weighted by molar-refractivity contribution is 14.0. The third-order valence-corrected chi connectivity index (χ3v) is 4.29. The van der Waals surface area contributed by atoms with Crippen LogP contribution in [0.25, 0.3) is 0 Å². The Hall–Kier alpha value is -2.10. The monoisotopic (exact) mass is 512 g/mol. The molecule has 7 nitrogen and oxygen atoms in total. The van der Waals surface area contributed by atoms with Gasteiger partial charge in [0.1, 0.15) is 6.54 Å². The summed E-state index contributed by atoms with van der Waals surface area (Å²) in [5.41, 5.74) is 3.33. The molecule has 0 unspecified atom stereocenters. The van der Waals surface area contributed by atoms with E-state index in [9.17, 15) is 4.79 Å². The van der Waals surface area contributed by atoms with Crippen LogP contribution in [0.3, 0.4) is 0 Å². The summed E-state index contributed by atoms with van der Waals surface area (Å²) in [4.78, 5) is 18.7. The Morgan fingerprint density at radius 3 is 2.55 bits per heavy atom. The molecule has 0 radical (unpaired) electrons. The van der Waals surface area contributed by atoms with Gasteiger partial charge in [-0.25, -0.2) is 4.99 Å². The summed E-state index contributed by atoms with van der Waals surface area (Å²) in [5.74, 6) is 0.959. The first-order chi connectivity index (χ1) is 13.4. The maximum atomic E-state index is 12.2. The minimum Gasteiger partial charge on any atom is -0.357 e. The van der Waals surface area contributed by atoms with Gasteiger partial charge in [0, 0.05) is 45.5 Å². The lowest BCUT2D eigenvalue weighted by Crippen LogP contribution is -2.39. The lowest BCUT2D eigenvalue weighted by Gasteiger charge is -2.22. The Bertz CT molecular complexity index is 788. The van der Waals surface area contributed by atoms with Crippen molar-refractivity contribution in [2.45, 2.75) is 39.8 Å². The normalized spacial score (nSPS) is 11.2. The minimum atomic E-state index is -0.100. The largest absolute Gasteiger partial charge is 0.357 e. The Morgan fingerprint density at radius 1 is 1.24 bits per heavy atom. The number of hydrogen-bond acceptors (Lipinski definition) is 3. The van der Waals surface area contributed by atoms with Gasteiger partial charge in [0.2, 0.25) is 5.91 Å². The number of rotatable bonds is 8. The molecule has 2 N–H and O–H groups in total. The molecule has 1 heterocycles. The Morgan fingerprint density at radius 2 is 1.93 bits per heavy atom.